The predicted octanol–water partition coefficient (Wildman–Crippen LogP) is 1.99. The first-order valence-corrected chi connectivity index (χ1v) is 12.4. The molecule has 0 saturated carbocycles. The van der Waals surface area contributed by atoms with Crippen molar-refractivity contribution in [1.82, 2.24) is 10.6 Å². The summed E-state index contributed by atoms with van der Waals surface area (Å²) >= 11 is 1.43. The smallest absolute Gasteiger partial charge is 0.303 e. The zero-order valence-corrected chi connectivity index (χ0v) is 19.2. The lowest BCUT2D eigenvalue weighted by atomic mass is 9.77. The first-order valence-electron chi connectivity index (χ1n) is 11.4. The number of thioether (sulfide) groups is 1. The molecule has 0 aliphatic carbocycles. The number of allylic oxidation sites excluding steroid dienone is 2. The normalized spacial score (nSPS) is 29.1. The van der Waals surface area contributed by atoms with Crippen LogP contribution in [0.3, 0.4) is 0 Å². The van der Waals surface area contributed by atoms with Crippen LogP contribution in [0.5, 0.6) is 0 Å². The number of amides is 2. The Kier molecular flexibility index (Phi) is 8.06. The Morgan fingerprint density at radius 2 is 1.67 bits per heavy atom. The number of carbonyl (C=O) groups is 3. The molecule has 2 amide bonds. The van der Waals surface area contributed by atoms with E-state index in [1.54, 1.807) is 0 Å². The number of nitrogens with one attached hydrogen (secondary N) is 2. The molecule has 6 atom stereocenters. The number of aliphatic carboxylic acids is 1. The third kappa shape index (κ3) is 6.37. The van der Waals surface area contributed by atoms with Gasteiger partial charge < -0.3 is 25.2 Å². The van der Waals surface area contributed by atoms with Crippen molar-refractivity contribution in [3.8, 4) is 0 Å². The van der Waals surface area contributed by atoms with Gasteiger partial charge in [0.1, 0.15) is 12.2 Å². The molecule has 33 heavy (non-hydrogen) atoms. The third-order valence-electron chi connectivity index (χ3n) is 6.35. The van der Waals surface area contributed by atoms with Crippen LogP contribution in [0.1, 0.15) is 25.7 Å². The van der Waals surface area contributed by atoms with Crippen LogP contribution in [-0.4, -0.2) is 66.1 Å². The van der Waals surface area contributed by atoms with Gasteiger partial charge in [-0.1, -0.05) is 30.4 Å². The van der Waals surface area contributed by atoms with Crippen molar-refractivity contribution in [3.63, 3.8) is 0 Å². The maximum atomic E-state index is 12.3. The van der Waals surface area contributed by atoms with Crippen LogP contribution < -0.4 is 10.6 Å². The van der Waals surface area contributed by atoms with Crippen molar-refractivity contribution in [2.45, 2.75) is 55.0 Å². The summed E-state index contributed by atoms with van der Waals surface area (Å²) in [7, 11) is 0. The molecule has 0 spiro atoms. The minimum absolute atomic E-state index is 0.00238. The quantitative estimate of drug-likeness (QED) is 0.173. The minimum atomic E-state index is -0.774. The van der Waals surface area contributed by atoms with Gasteiger partial charge >= 0.3 is 5.97 Å². The summed E-state index contributed by atoms with van der Waals surface area (Å²) in [5, 5.41) is 14.3. The van der Waals surface area contributed by atoms with E-state index in [1.165, 1.54) is 11.8 Å². The van der Waals surface area contributed by atoms with E-state index in [0.29, 0.717) is 13.0 Å². The predicted molar refractivity (Wildman–Crippen MR) is 123 cm³/mol. The van der Waals surface area contributed by atoms with Crippen LogP contribution in [0.25, 0.3) is 0 Å². The van der Waals surface area contributed by atoms with Crippen LogP contribution in [-0.2, 0) is 23.9 Å². The van der Waals surface area contributed by atoms with Crippen LogP contribution in [0.15, 0.2) is 47.4 Å². The Morgan fingerprint density at radius 1 is 0.939 bits per heavy atom. The lowest BCUT2D eigenvalue weighted by Crippen LogP contribution is -2.44. The van der Waals surface area contributed by atoms with Crippen LogP contribution >= 0.6 is 11.8 Å². The molecule has 1 aromatic rings. The fourth-order valence-corrected chi connectivity index (χ4v) is 5.44. The van der Waals surface area contributed by atoms with Crippen molar-refractivity contribution in [2.24, 2.45) is 11.8 Å². The monoisotopic (exact) mass is 474 g/mol. The molecule has 0 unspecified atom stereocenters. The number of rotatable bonds is 13. The average molecular weight is 475 g/mol. The molecule has 2 bridgehead atoms. The Hall–Kier alpha value is -2.36. The number of carboxylic acid groups (broad SMARTS) is 1. The number of carboxylic acids is 1. The van der Waals surface area contributed by atoms with Crippen molar-refractivity contribution >= 4 is 29.5 Å². The lowest BCUT2D eigenvalue weighted by molar-refractivity contribution is -0.137. The summed E-state index contributed by atoms with van der Waals surface area (Å²) in [5.41, 5.74) is 0. The first kappa shape index (κ1) is 23.8. The molecule has 0 aromatic heterocycles. The number of epoxide rings is 1. The number of benzene rings is 1. The van der Waals surface area contributed by atoms with Crippen molar-refractivity contribution < 1.29 is 29.0 Å². The zero-order valence-electron chi connectivity index (χ0n) is 18.4. The van der Waals surface area contributed by atoms with E-state index in [1.807, 2.05) is 36.4 Å². The van der Waals surface area contributed by atoms with E-state index >= 15 is 0 Å². The number of hydrogen-bond donors (Lipinski definition) is 3. The van der Waals surface area contributed by atoms with E-state index in [2.05, 4.69) is 16.7 Å². The Labute approximate surface area is 197 Å². The molecule has 178 valence electrons. The van der Waals surface area contributed by atoms with Crippen LogP contribution in [0.2, 0.25) is 0 Å². The number of fused-ring (bicyclic) bond motifs is 5. The molecule has 4 rings (SSSR count). The van der Waals surface area contributed by atoms with E-state index in [4.69, 9.17) is 14.6 Å². The largest absolute Gasteiger partial charge is 0.481 e. The molecule has 3 heterocycles. The Balaban J connectivity index is 1.17. The maximum absolute atomic E-state index is 12.3. The molecule has 3 aliphatic rings. The van der Waals surface area contributed by atoms with Crippen molar-refractivity contribution in [3.05, 3.63) is 42.5 Å². The van der Waals surface area contributed by atoms with Gasteiger partial charge in [0.05, 0.1) is 24.5 Å². The van der Waals surface area contributed by atoms with E-state index in [9.17, 15) is 14.4 Å². The van der Waals surface area contributed by atoms with Gasteiger partial charge in [0, 0.05) is 23.8 Å². The number of carbonyl (C=O) groups excluding carboxylic acids is 2. The van der Waals surface area contributed by atoms with Gasteiger partial charge in [-0.2, -0.15) is 0 Å². The summed E-state index contributed by atoms with van der Waals surface area (Å²) in [6, 6.07) is 9.65. The fraction of sp³-hybridized carbons (Fsp3) is 0.542. The molecule has 3 N–H and O–H groups in total. The van der Waals surface area contributed by atoms with Gasteiger partial charge in [-0.15, -0.1) is 11.8 Å². The topological polar surface area (TPSA) is 117 Å². The SMILES string of the molecule is O=C(O)CCCC=CC[C@H]1[C@@H](CNC(=O)CNC(=O)CSc2ccccc2)[C@@H]2O[C@H]1[C@@H]1O[C@@H]12. The highest BCUT2D eigenvalue weighted by atomic mass is 32.2. The summed E-state index contributed by atoms with van der Waals surface area (Å²) in [5.74, 6) is -0.487. The van der Waals surface area contributed by atoms with E-state index in [-0.39, 0.29) is 66.8 Å². The molecule has 0 radical (unpaired) electrons. The summed E-state index contributed by atoms with van der Waals surface area (Å²) < 4.78 is 11.8. The lowest BCUT2D eigenvalue weighted by Gasteiger charge is -2.25. The van der Waals surface area contributed by atoms with Crippen LogP contribution in [0, 0.1) is 11.8 Å². The highest BCUT2D eigenvalue weighted by Crippen LogP contribution is 2.54. The first-order chi connectivity index (χ1) is 16.0. The van der Waals surface area contributed by atoms with Crippen molar-refractivity contribution in [1.29, 1.82) is 0 Å². The van der Waals surface area contributed by atoms with Gasteiger partial charge in [0.15, 0.2) is 0 Å². The molecule has 8 nitrogen and oxygen atoms in total. The molecular weight excluding hydrogens is 444 g/mol. The molecule has 3 aliphatic heterocycles. The molecule has 9 heteroatoms. The average Bonchev–Trinajstić information content (AvgIpc) is 3.44. The third-order valence-corrected chi connectivity index (χ3v) is 7.36. The molecular formula is C24H30N2O6S. The number of ether oxygens (including phenoxy) is 2. The summed E-state index contributed by atoms with van der Waals surface area (Å²) in [4.78, 5) is 35.9. The second kappa shape index (κ2) is 11.2. The highest BCUT2D eigenvalue weighted by molar-refractivity contribution is 8.00. The van der Waals surface area contributed by atoms with Gasteiger partial charge in [0.2, 0.25) is 11.8 Å². The number of hydrogen-bond acceptors (Lipinski definition) is 6. The number of unbranched alkanes of at least 4 members (excludes halogenated alkanes) is 1. The fourth-order valence-electron chi connectivity index (χ4n) is 4.69. The summed E-state index contributed by atoms with van der Waals surface area (Å²) in [6.45, 7) is 0.436. The standard InChI is InChI=1S/C24H30N2O6S/c27-18(13-26-19(28)14-33-15-8-4-3-5-9-15)25-12-17-16(10-6-1-2-7-11-20(29)30)21-23-24(32-23)22(17)31-21/h1,3-6,8-9,16-17,21-24H,2,7,10-14H2,(H,25,27)(H,26,28)(H,29,30)/t16-,17+,21+,22-,23-,24+/m0/s1. The molecule has 3 fully saturated rings. The van der Waals surface area contributed by atoms with Crippen molar-refractivity contribution in [2.75, 3.05) is 18.8 Å². The van der Waals surface area contributed by atoms with Gasteiger partial charge in [-0.25, -0.2) is 0 Å². The second-order valence-corrected chi connectivity index (χ2v) is 9.68. The van der Waals surface area contributed by atoms with E-state index < -0.39 is 5.97 Å². The van der Waals surface area contributed by atoms with Crippen LogP contribution in [0.4, 0.5) is 0 Å². The maximum Gasteiger partial charge on any atom is 0.303 e. The highest BCUT2D eigenvalue weighted by Gasteiger charge is 2.68. The van der Waals surface area contributed by atoms with Gasteiger partial charge in [-0.05, 0) is 37.3 Å². The summed E-state index contributed by atoms with van der Waals surface area (Å²) in [6.07, 6.45) is 6.84. The molecule has 3 saturated heterocycles. The van der Waals surface area contributed by atoms with Gasteiger partial charge in [-0.3, -0.25) is 14.4 Å². The minimum Gasteiger partial charge on any atom is -0.481 e. The van der Waals surface area contributed by atoms with Gasteiger partial charge in [0.25, 0.3) is 0 Å². The zero-order chi connectivity index (χ0) is 23.2. The Bertz CT molecular complexity index is 879. The van der Waals surface area contributed by atoms with E-state index in [0.717, 1.165) is 17.7 Å². The Morgan fingerprint density at radius 3 is 2.42 bits per heavy atom. The molecule has 1 aromatic carbocycles. The second-order valence-electron chi connectivity index (χ2n) is 8.63.